The minimum Gasteiger partial charge on any atom is -0.396 e. The number of nitrogen functional groups attached to an aromatic ring is 1. The van der Waals surface area contributed by atoms with E-state index in [2.05, 4.69) is 15.0 Å². The number of nitrogens with zero attached hydrogens (tertiary/aromatic N) is 2. The van der Waals surface area contributed by atoms with Gasteiger partial charge in [-0.1, -0.05) is 13.8 Å². The third-order valence-corrected chi connectivity index (χ3v) is 3.74. The standard InChI is InChI=1S/C17H16F2N4O/c1-8(2)5-12-13-9(6-21-17(13)23-7-22-12)16(24)14-10(18)3-4-11(20)15(14)19/h3-4,6-8H,5,20H2,1-2H3,(H,21,22,23). The van der Waals surface area contributed by atoms with Gasteiger partial charge >= 0.3 is 0 Å². The molecule has 5 nitrogen and oxygen atoms in total. The minimum atomic E-state index is -1.06. The van der Waals surface area contributed by atoms with Crippen molar-refractivity contribution < 1.29 is 13.6 Å². The van der Waals surface area contributed by atoms with Crippen LogP contribution in [-0.4, -0.2) is 20.7 Å². The second-order valence-corrected chi connectivity index (χ2v) is 6.00. The largest absolute Gasteiger partial charge is 0.396 e. The number of ketones is 1. The highest BCUT2D eigenvalue weighted by Gasteiger charge is 2.25. The van der Waals surface area contributed by atoms with Gasteiger partial charge in [0.1, 0.15) is 17.8 Å². The summed E-state index contributed by atoms with van der Waals surface area (Å²) in [5.41, 5.74) is 5.75. The van der Waals surface area contributed by atoms with Crippen molar-refractivity contribution in [3.8, 4) is 0 Å². The fourth-order valence-corrected chi connectivity index (χ4v) is 2.66. The highest BCUT2D eigenvalue weighted by Crippen LogP contribution is 2.27. The van der Waals surface area contributed by atoms with E-state index in [4.69, 9.17) is 5.73 Å². The topological polar surface area (TPSA) is 84.7 Å². The maximum Gasteiger partial charge on any atom is 0.201 e. The Bertz CT molecular complexity index is 934. The van der Waals surface area contributed by atoms with Crippen LogP contribution in [0.3, 0.4) is 0 Å². The monoisotopic (exact) mass is 330 g/mol. The van der Waals surface area contributed by atoms with E-state index in [-0.39, 0.29) is 11.3 Å². The predicted octanol–water partition coefficient (Wildman–Crippen LogP) is 3.25. The van der Waals surface area contributed by atoms with Gasteiger partial charge in [-0.25, -0.2) is 18.7 Å². The van der Waals surface area contributed by atoms with Crippen LogP contribution in [0.4, 0.5) is 14.5 Å². The number of nitrogens with two attached hydrogens (primary N) is 1. The first-order valence-electron chi connectivity index (χ1n) is 7.49. The molecule has 0 aliphatic rings. The molecule has 0 bridgehead atoms. The van der Waals surface area contributed by atoms with Gasteiger partial charge < -0.3 is 10.7 Å². The van der Waals surface area contributed by atoms with E-state index in [1.165, 1.54) is 12.5 Å². The van der Waals surface area contributed by atoms with Gasteiger partial charge in [-0.05, 0) is 24.5 Å². The van der Waals surface area contributed by atoms with Crippen molar-refractivity contribution >= 4 is 22.5 Å². The minimum absolute atomic E-state index is 0.129. The van der Waals surface area contributed by atoms with E-state index in [1.807, 2.05) is 13.8 Å². The average molecular weight is 330 g/mol. The molecule has 3 N–H and O–H groups in total. The molecule has 0 aliphatic carbocycles. The zero-order valence-corrected chi connectivity index (χ0v) is 13.2. The normalized spacial score (nSPS) is 11.4. The number of nitrogens with one attached hydrogen (secondary N) is 1. The van der Waals surface area contributed by atoms with E-state index in [0.29, 0.717) is 29.1 Å². The Morgan fingerprint density at radius 1 is 1.29 bits per heavy atom. The zero-order valence-electron chi connectivity index (χ0n) is 13.2. The summed E-state index contributed by atoms with van der Waals surface area (Å²) >= 11 is 0. The zero-order chi connectivity index (χ0) is 17.4. The molecule has 0 radical (unpaired) electrons. The molecule has 0 spiro atoms. The quantitative estimate of drug-likeness (QED) is 0.568. The molecule has 2 aromatic heterocycles. The molecule has 0 amide bonds. The number of fused-ring (bicyclic) bond motifs is 1. The molecule has 0 aliphatic heterocycles. The highest BCUT2D eigenvalue weighted by atomic mass is 19.1. The number of anilines is 1. The van der Waals surface area contributed by atoms with Gasteiger partial charge in [-0.15, -0.1) is 0 Å². The first-order chi connectivity index (χ1) is 11.4. The van der Waals surface area contributed by atoms with Crippen LogP contribution in [0.2, 0.25) is 0 Å². The summed E-state index contributed by atoms with van der Waals surface area (Å²) in [5, 5.41) is 0.484. The fourth-order valence-electron chi connectivity index (χ4n) is 2.66. The summed E-state index contributed by atoms with van der Waals surface area (Å²) < 4.78 is 28.2. The van der Waals surface area contributed by atoms with E-state index in [1.54, 1.807) is 0 Å². The molecule has 3 aromatic rings. The lowest BCUT2D eigenvalue weighted by Gasteiger charge is -2.08. The molecule has 24 heavy (non-hydrogen) atoms. The Balaban J connectivity index is 2.20. The van der Waals surface area contributed by atoms with Crippen LogP contribution < -0.4 is 5.73 Å². The molecule has 0 atom stereocenters. The lowest BCUT2D eigenvalue weighted by molar-refractivity contribution is 0.103. The fraction of sp³-hybridized carbons (Fsp3) is 0.235. The van der Waals surface area contributed by atoms with Crippen molar-refractivity contribution in [3.63, 3.8) is 0 Å². The van der Waals surface area contributed by atoms with Gasteiger partial charge in [0.2, 0.25) is 5.78 Å². The Morgan fingerprint density at radius 2 is 2.04 bits per heavy atom. The van der Waals surface area contributed by atoms with Gasteiger partial charge in [0, 0.05) is 6.20 Å². The van der Waals surface area contributed by atoms with Crippen LogP contribution >= 0.6 is 0 Å². The Morgan fingerprint density at radius 3 is 2.75 bits per heavy atom. The van der Waals surface area contributed by atoms with E-state index in [9.17, 15) is 13.6 Å². The average Bonchev–Trinajstić information content (AvgIpc) is 2.96. The molecule has 0 unspecified atom stereocenters. The summed E-state index contributed by atoms with van der Waals surface area (Å²) in [6, 6.07) is 2.07. The number of hydrogen-bond donors (Lipinski definition) is 2. The van der Waals surface area contributed by atoms with Gasteiger partial charge in [-0.2, -0.15) is 0 Å². The van der Waals surface area contributed by atoms with Crippen LogP contribution in [0.1, 0.15) is 35.5 Å². The van der Waals surface area contributed by atoms with Crippen molar-refractivity contribution in [1.29, 1.82) is 0 Å². The molecular weight excluding hydrogens is 314 g/mol. The number of carbonyl (C=O) groups is 1. The molecular formula is C17H16F2N4O. The number of hydrogen-bond acceptors (Lipinski definition) is 4. The van der Waals surface area contributed by atoms with Gasteiger partial charge in [0.15, 0.2) is 5.82 Å². The number of rotatable bonds is 4. The summed E-state index contributed by atoms with van der Waals surface area (Å²) in [6.07, 6.45) is 3.40. The highest BCUT2D eigenvalue weighted by molar-refractivity contribution is 6.16. The number of benzene rings is 1. The molecule has 0 fully saturated rings. The first kappa shape index (κ1) is 16.0. The molecule has 0 saturated heterocycles. The van der Waals surface area contributed by atoms with Crippen molar-refractivity contribution in [2.24, 2.45) is 5.92 Å². The van der Waals surface area contributed by atoms with Crippen molar-refractivity contribution in [2.75, 3.05) is 5.73 Å². The third kappa shape index (κ3) is 2.62. The number of carbonyl (C=O) groups excluding carboxylic acids is 1. The van der Waals surface area contributed by atoms with Crippen LogP contribution in [0.5, 0.6) is 0 Å². The Labute approximate surface area is 136 Å². The Kier molecular flexibility index (Phi) is 4.01. The summed E-state index contributed by atoms with van der Waals surface area (Å²) in [6.45, 7) is 4.03. The second kappa shape index (κ2) is 5.99. The number of H-pyrrole nitrogens is 1. The second-order valence-electron chi connectivity index (χ2n) is 6.00. The summed E-state index contributed by atoms with van der Waals surface area (Å²) in [7, 11) is 0. The summed E-state index contributed by atoms with van der Waals surface area (Å²) in [4.78, 5) is 23.9. The lowest BCUT2D eigenvalue weighted by atomic mass is 9.98. The van der Waals surface area contributed by atoms with E-state index in [0.717, 1.165) is 12.1 Å². The van der Waals surface area contributed by atoms with Gasteiger partial charge in [-0.3, -0.25) is 4.79 Å². The third-order valence-electron chi connectivity index (χ3n) is 3.74. The van der Waals surface area contributed by atoms with Gasteiger partial charge in [0.05, 0.1) is 27.9 Å². The lowest BCUT2D eigenvalue weighted by Crippen LogP contribution is -2.10. The summed E-state index contributed by atoms with van der Waals surface area (Å²) in [5.74, 6) is -2.51. The number of aromatic nitrogens is 3. The van der Waals surface area contributed by atoms with Crippen molar-refractivity contribution in [1.82, 2.24) is 15.0 Å². The first-order valence-corrected chi connectivity index (χ1v) is 7.49. The molecule has 124 valence electrons. The van der Waals surface area contributed by atoms with Crippen molar-refractivity contribution in [2.45, 2.75) is 20.3 Å². The van der Waals surface area contributed by atoms with Crippen LogP contribution in [0, 0.1) is 17.6 Å². The predicted molar refractivity (Wildman–Crippen MR) is 86.6 cm³/mol. The maximum atomic E-state index is 14.2. The SMILES string of the molecule is CC(C)Cc1ncnc2[nH]cc(C(=O)c3c(F)ccc(N)c3F)c12. The molecule has 1 aromatic carbocycles. The van der Waals surface area contributed by atoms with Crippen molar-refractivity contribution in [3.05, 3.63) is 53.1 Å². The van der Waals surface area contributed by atoms with E-state index < -0.39 is 23.0 Å². The molecule has 0 saturated carbocycles. The smallest absolute Gasteiger partial charge is 0.201 e. The van der Waals surface area contributed by atoms with Crippen LogP contribution in [0.15, 0.2) is 24.7 Å². The number of aromatic amines is 1. The number of halogens is 2. The Hall–Kier alpha value is -2.83. The van der Waals surface area contributed by atoms with E-state index >= 15 is 0 Å². The molecule has 2 heterocycles. The van der Waals surface area contributed by atoms with Crippen LogP contribution in [0.25, 0.3) is 11.0 Å². The maximum absolute atomic E-state index is 14.2. The van der Waals surface area contributed by atoms with Crippen LogP contribution in [-0.2, 0) is 6.42 Å². The molecule has 3 rings (SSSR count). The molecule has 7 heteroatoms. The van der Waals surface area contributed by atoms with Gasteiger partial charge in [0.25, 0.3) is 0 Å².